The highest BCUT2D eigenvalue weighted by molar-refractivity contribution is 6.23. The zero-order valence-electron chi connectivity index (χ0n) is 65.5. The highest BCUT2D eigenvalue weighted by atomic mass is 15.0. The van der Waals surface area contributed by atoms with Crippen LogP contribution in [-0.2, 0) is 10.8 Å². The molecule has 22 aromatic rings. The minimum absolute atomic E-state index is 0.00317. The molecule has 0 N–H and O–H groups in total. The van der Waals surface area contributed by atoms with Crippen LogP contribution in [0.1, 0.15) is 47.2 Å². The maximum Gasteiger partial charge on any atom is 0.0713 e. The first kappa shape index (κ1) is 68.6. The molecule has 2 heteroatoms. The van der Waals surface area contributed by atoms with Gasteiger partial charge in [0.1, 0.15) is 0 Å². The van der Waals surface area contributed by atoms with E-state index < -0.39 is 5.41 Å². The predicted octanol–water partition coefficient (Wildman–Crippen LogP) is 30.9. The second kappa shape index (κ2) is 27.4. The van der Waals surface area contributed by atoms with Gasteiger partial charge >= 0.3 is 0 Å². The van der Waals surface area contributed by atoms with Gasteiger partial charge in [0.25, 0.3) is 0 Å². The summed E-state index contributed by atoms with van der Waals surface area (Å²) in [7, 11) is 0. The second-order valence-electron chi connectivity index (χ2n) is 32.4. The molecule has 0 unspecified atom stereocenters. The zero-order chi connectivity index (χ0) is 78.2. The third-order valence-electron chi connectivity index (χ3n) is 25.9. The summed E-state index contributed by atoms with van der Waals surface area (Å²) in [6, 6.07) is 161. The van der Waals surface area contributed by atoms with Gasteiger partial charge in [-0.25, -0.2) is 0 Å². The van der Waals surface area contributed by atoms with E-state index in [2.05, 4.69) is 460 Å². The molecule has 0 saturated carbocycles. The average Bonchev–Trinajstić information content (AvgIpc) is 1.59. The normalized spacial score (nSPS) is 13.0. The molecule has 118 heavy (non-hydrogen) atoms. The molecular formula is C116H78N2. The van der Waals surface area contributed by atoms with Crippen molar-refractivity contribution in [3.8, 4) is 100 Å². The van der Waals surface area contributed by atoms with Gasteiger partial charge < -0.3 is 9.13 Å². The quantitative estimate of drug-likeness (QED) is 0.121. The minimum Gasteiger partial charge on any atom is -0.309 e. The number of benzene rings is 20. The first-order chi connectivity index (χ1) is 58.3. The van der Waals surface area contributed by atoms with E-state index in [4.69, 9.17) is 0 Å². The van der Waals surface area contributed by atoms with Crippen molar-refractivity contribution in [2.45, 2.75) is 24.7 Å². The Hall–Kier alpha value is -15.0. The summed E-state index contributed by atoms with van der Waals surface area (Å²) in [5.74, 6) is 0. The molecule has 2 nitrogen and oxygen atoms in total. The molecule has 0 fully saturated rings. The van der Waals surface area contributed by atoms with Crippen LogP contribution in [0.15, 0.2) is 437 Å². The Balaban J connectivity index is 0.000000140. The van der Waals surface area contributed by atoms with E-state index >= 15 is 0 Å². The van der Waals surface area contributed by atoms with Crippen LogP contribution in [0.3, 0.4) is 0 Å². The number of hydrogen-bond acceptors (Lipinski definition) is 0. The van der Waals surface area contributed by atoms with E-state index in [1.54, 1.807) is 0 Å². The predicted molar refractivity (Wildman–Crippen MR) is 499 cm³/mol. The minimum atomic E-state index is -0.411. The SMILES string of the molecule is CC1(C)c2ccccc2-c2cc(-c3ccc4c(c3)c3ccccc3n4-c3ccc(-c4c5ccccc5c(-c5ccccc5)c5ccccc45)cc3)ccc21.c1ccc(-c2c3ccccc3c(-c3ccc(-n4c5ccccc5c5cc(-c6ccc7c(c6)-c6ccccc6C7(c6ccccc6)c6ccccc6)ccc54)cc3)c3ccccc23)cc1. The maximum absolute atomic E-state index is 2.43. The lowest BCUT2D eigenvalue weighted by Crippen LogP contribution is -2.28. The van der Waals surface area contributed by atoms with Crippen molar-refractivity contribution < 1.29 is 0 Å². The fourth-order valence-corrected chi connectivity index (χ4v) is 20.7. The van der Waals surface area contributed by atoms with Gasteiger partial charge in [0.2, 0.25) is 0 Å². The zero-order valence-corrected chi connectivity index (χ0v) is 65.5. The molecule has 2 aliphatic rings. The van der Waals surface area contributed by atoms with Crippen molar-refractivity contribution in [3.05, 3.63) is 470 Å². The lowest BCUT2D eigenvalue weighted by Gasteiger charge is -2.33. The van der Waals surface area contributed by atoms with E-state index in [-0.39, 0.29) is 5.41 Å². The number of para-hydroxylation sites is 2. The molecule has 552 valence electrons. The van der Waals surface area contributed by atoms with Gasteiger partial charge in [0, 0.05) is 38.3 Å². The molecule has 2 heterocycles. The number of aromatic nitrogens is 2. The van der Waals surface area contributed by atoms with Crippen molar-refractivity contribution in [2.75, 3.05) is 0 Å². The average molecular weight is 1500 g/mol. The van der Waals surface area contributed by atoms with Crippen LogP contribution in [0, 0.1) is 0 Å². The summed E-state index contributed by atoms with van der Waals surface area (Å²) < 4.78 is 4.86. The van der Waals surface area contributed by atoms with E-state index in [0.717, 1.165) is 11.4 Å². The van der Waals surface area contributed by atoms with E-state index in [9.17, 15) is 0 Å². The van der Waals surface area contributed by atoms with Crippen LogP contribution < -0.4 is 0 Å². The second-order valence-corrected chi connectivity index (χ2v) is 32.4. The summed E-state index contributed by atoms with van der Waals surface area (Å²) in [5.41, 5.74) is 35.0. The summed E-state index contributed by atoms with van der Waals surface area (Å²) >= 11 is 0. The van der Waals surface area contributed by atoms with Crippen LogP contribution in [0.2, 0.25) is 0 Å². The molecule has 0 amide bonds. The van der Waals surface area contributed by atoms with Crippen LogP contribution in [0.5, 0.6) is 0 Å². The van der Waals surface area contributed by atoms with Gasteiger partial charge in [-0.15, -0.1) is 0 Å². The number of rotatable bonds is 10. The van der Waals surface area contributed by atoms with E-state index in [0.29, 0.717) is 0 Å². The smallest absolute Gasteiger partial charge is 0.0713 e. The summed E-state index contributed by atoms with van der Waals surface area (Å²) in [6.07, 6.45) is 0. The maximum atomic E-state index is 2.43. The molecule has 2 aliphatic carbocycles. The van der Waals surface area contributed by atoms with E-state index in [1.807, 2.05) is 0 Å². The summed E-state index contributed by atoms with van der Waals surface area (Å²) in [5, 5.41) is 15.2. The fraction of sp³-hybridized carbons (Fsp3) is 0.0345. The Bertz CT molecular complexity index is 7620. The Morgan fingerprint density at radius 2 is 0.424 bits per heavy atom. The Labute approximate surface area is 686 Å². The van der Waals surface area contributed by atoms with Crippen molar-refractivity contribution in [1.29, 1.82) is 0 Å². The van der Waals surface area contributed by atoms with Gasteiger partial charge in [-0.1, -0.05) is 378 Å². The van der Waals surface area contributed by atoms with Crippen molar-refractivity contribution >= 4 is 86.7 Å². The highest BCUT2D eigenvalue weighted by Gasteiger charge is 2.46. The Morgan fingerprint density at radius 3 is 0.822 bits per heavy atom. The van der Waals surface area contributed by atoms with Gasteiger partial charge in [-0.3, -0.25) is 0 Å². The van der Waals surface area contributed by atoms with Gasteiger partial charge in [0.05, 0.1) is 27.5 Å². The molecule has 24 rings (SSSR count). The third-order valence-corrected chi connectivity index (χ3v) is 25.9. The van der Waals surface area contributed by atoms with Gasteiger partial charge in [0.15, 0.2) is 0 Å². The molecule has 0 bridgehead atoms. The van der Waals surface area contributed by atoms with Gasteiger partial charge in [-0.2, -0.15) is 0 Å². The lowest BCUT2D eigenvalue weighted by molar-refractivity contribution is 0.660. The Kier molecular flexibility index (Phi) is 15.9. The van der Waals surface area contributed by atoms with Crippen molar-refractivity contribution in [3.63, 3.8) is 0 Å². The summed E-state index contributed by atoms with van der Waals surface area (Å²) in [4.78, 5) is 0. The van der Waals surface area contributed by atoms with Crippen molar-refractivity contribution in [1.82, 2.24) is 9.13 Å². The fourth-order valence-electron chi connectivity index (χ4n) is 20.7. The molecule has 2 aromatic heterocycles. The standard InChI is InChI=1S/C63H41N.C53H37N/c1-4-18-42(19-5-1)61-51-26-10-12-28-53(51)62(54-29-13-11-27-52(54)61)43-32-36-48(37-33-43)64-59-31-17-15-25-50(59)56-41-45(35-39-60(56)64)44-34-38-58-55(40-44)49-24-14-16-30-57(49)63(58,46-20-6-2-7-21-46)47-22-8-3-9-23-47;1-53(2)47-22-12-10-16-39(47)45-32-36(26-30-48(45)53)37-27-31-50-46(33-37)40-17-11-13-23-49(40)54(50)38-28-24-35(25-29-38)52-43-20-8-6-18-41(43)51(34-14-4-3-5-15-34)42-19-7-9-21-44(42)52/h1-41H;3-33H,1-2H3. The molecule has 20 aromatic carbocycles. The topological polar surface area (TPSA) is 9.86 Å². The van der Waals surface area contributed by atoms with Crippen LogP contribution in [0.25, 0.3) is 187 Å². The van der Waals surface area contributed by atoms with Gasteiger partial charge in [-0.05, 0) is 238 Å². The number of hydrogen-bond donors (Lipinski definition) is 0. The largest absolute Gasteiger partial charge is 0.309 e. The first-order valence-corrected chi connectivity index (χ1v) is 41.2. The van der Waals surface area contributed by atoms with Crippen LogP contribution in [-0.4, -0.2) is 9.13 Å². The molecule has 0 aliphatic heterocycles. The molecular weight excluding hydrogens is 1420 g/mol. The molecule has 0 atom stereocenters. The van der Waals surface area contributed by atoms with Crippen LogP contribution in [0.4, 0.5) is 0 Å². The third kappa shape index (κ3) is 10.6. The lowest BCUT2D eigenvalue weighted by atomic mass is 9.67. The van der Waals surface area contributed by atoms with E-state index in [1.165, 1.54) is 209 Å². The number of fused-ring (bicyclic) bond motifs is 16. The first-order valence-electron chi connectivity index (χ1n) is 41.2. The molecule has 0 radical (unpaired) electrons. The van der Waals surface area contributed by atoms with Crippen LogP contribution >= 0.6 is 0 Å². The highest BCUT2D eigenvalue weighted by Crippen LogP contribution is 2.58. The molecule has 0 spiro atoms. The number of nitrogens with zero attached hydrogens (tertiary/aromatic N) is 2. The molecule has 0 saturated heterocycles. The Morgan fingerprint density at radius 1 is 0.169 bits per heavy atom. The summed E-state index contributed by atoms with van der Waals surface area (Å²) in [6.45, 7) is 4.69. The monoisotopic (exact) mass is 1500 g/mol. The van der Waals surface area contributed by atoms with Crippen molar-refractivity contribution in [2.24, 2.45) is 0 Å².